The molecule has 1 aromatic carbocycles. The molecule has 16 heavy (non-hydrogen) atoms. The predicted molar refractivity (Wildman–Crippen MR) is 57.7 cm³/mol. The summed E-state index contributed by atoms with van der Waals surface area (Å²) in [6.45, 7) is 1.83. The molecule has 2 rings (SSSR count). The van der Waals surface area contributed by atoms with Crippen molar-refractivity contribution >= 4 is 5.97 Å². The summed E-state index contributed by atoms with van der Waals surface area (Å²) in [5.74, 6) is -1.11. The fourth-order valence-electron chi connectivity index (χ4n) is 2.17. The normalized spacial score (nSPS) is 24.6. The van der Waals surface area contributed by atoms with Crippen molar-refractivity contribution in [2.45, 2.75) is 31.8 Å². The zero-order valence-electron chi connectivity index (χ0n) is 9.03. The molecule has 1 fully saturated rings. The van der Waals surface area contributed by atoms with Gasteiger partial charge in [0.2, 0.25) is 0 Å². The second-order valence-corrected chi connectivity index (χ2v) is 4.25. The maximum Gasteiger partial charge on any atom is 0.320 e. The van der Waals surface area contributed by atoms with Crippen molar-refractivity contribution in [1.29, 1.82) is 0 Å². The second-order valence-electron chi connectivity index (χ2n) is 4.25. The molecule has 3 nitrogen and oxygen atoms in total. The predicted octanol–water partition coefficient (Wildman–Crippen LogP) is 2.01. The first-order chi connectivity index (χ1) is 7.56. The summed E-state index contributed by atoms with van der Waals surface area (Å²) in [5, 5.41) is 11.8. The first-order valence-corrected chi connectivity index (χ1v) is 5.32. The van der Waals surface area contributed by atoms with Crippen molar-refractivity contribution < 1.29 is 14.3 Å². The Balaban J connectivity index is 2.17. The van der Waals surface area contributed by atoms with E-state index in [1.807, 2.05) is 13.0 Å². The Hall–Kier alpha value is -1.42. The summed E-state index contributed by atoms with van der Waals surface area (Å²) in [5.41, 5.74) is 1.69. The van der Waals surface area contributed by atoms with Gasteiger partial charge in [0.15, 0.2) is 0 Å². The molecule has 0 spiro atoms. The number of carboxylic acid groups (broad SMARTS) is 1. The van der Waals surface area contributed by atoms with E-state index >= 15 is 0 Å². The highest BCUT2D eigenvalue weighted by Crippen LogP contribution is 2.27. The SMILES string of the molecule is Cc1cc(F)cc(C2CCC(C(=O)O)N2)c1. The Morgan fingerprint density at radius 1 is 1.44 bits per heavy atom. The monoisotopic (exact) mass is 223 g/mol. The van der Waals surface area contributed by atoms with Crippen LogP contribution in [0.3, 0.4) is 0 Å². The first-order valence-electron chi connectivity index (χ1n) is 5.32. The zero-order valence-corrected chi connectivity index (χ0v) is 9.03. The van der Waals surface area contributed by atoms with Crippen LogP contribution in [-0.4, -0.2) is 17.1 Å². The van der Waals surface area contributed by atoms with E-state index in [4.69, 9.17) is 5.11 Å². The van der Waals surface area contributed by atoms with Gasteiger partial charge in [-0.3, -0.25) is 10.1 Å². The Bertz CT molecular complexity index is 399. The van der Waals surface area contributed by atoms with Crippen molar-refractivity contribution in [2.75, 3.05) is 0 Å². The van der Waals surface area contributed by atoms with Crippen molar-refractivity contribution in [1.82, 2.24) is 5.32 Å². The number of hydrogen-bond acceptors (Lipinski definition) is 2. The number of aryl methyl sites for hydroxylation is 1. The molecule has 2 atom stereocenters. The van der Waals surface area contributed by atoms with Gasteiger partial charge >= 0.3 is 5.97 Å². The molecule has 86 valence electrons. The van der Waals surface area contributed by atoms with Crippen molar-refractivity contribution in [3.63, 3.8) is 0 Å². The molecule has 0 radical (unpaired) electrons. The van der Waals surface area contributed by atoms with Crippen LogP contribution in [0, 0.1) is 12.7 Å². The highest BCUT2D eigenvalue weighted by Gasteiger charge is 2.29. The van der Waals surface area contributed by atoms with Gasteiger partial charge in [-0.15, -0.1) is 0 Å². The topological polar surface area (TPSA) is 49.3 Å². The molecule has 1 aromatic rings. The molecule has 1 heterocycles. The van der Waals surface area contributed by atoms with E-state index in [2.05, 4.69) is 5.32 Å². The van der Waals surface area contributed by atoms with E-state index < -0.39 is 12.0 Å². The minimum absolute atomic E-state index is 0.0458. The molecule has 0 aliphatic carbocycles. The van der Waals surface area contributed by atoms with Gasteiger partial charge in [0.05, 0.1) is 0 Å². The average molecular weight is 223 g/mol. The third-order valence-electron chi connectivity index (χ3n) is 2.91. The molecule has 0 amide bonds. The highest BCUT2D eigenvalue weighted by atomic mass is 19.1. The van der Waals surface area contributed by atoms with Crippen LogP contribution in [0.4, 0.5) is 4.39 Å². The lowest BCUT2D eigenvalue weighted by Crippen LogP contribution is -2.31. The van der Waals surface area contributed by atoms with Gasteiger partial charge < -0.3 is 5.11 Å². The molecule has 1 aliphatic heterocycles. The fourth-order valence-corrected chi connectivity index (χ4v) is 2.17. The van der Waals surface area contributed by atoms with Crippen molar-refractivity contribution in [2.24, 2.45) is 0 Å². The third-order valence-corrected chi connectivity index (χ3v) is 2.91. The van der Waals surface area contributed by atoms with Crippen molar-refractivity contribution in [3.8, 4) is 0 Å². The lowest BCUT2D eigenvalue weighted by atomic mass is 10.0. The van der Waals surface area contributed by atoms with Gasteiger partial charge in [-0.1, -0.05) is 6.07 Å². The first kappa shape index (κ1) is 11.1. The summed E-state index contributed by atoms with van der Waals surface area (Å²) in [6.07, 6.45) is 1.33. The lowest BCUT2D eigenvalue weighted by molar-refractivity contribution is -0.139. The van der Waals surface area contributed by atoms with E-state index in [1.165, 1.54) is 12.1 Å². The van der Waals surface area contributed by atoms with E-state index in [1.54, 1.807) is 0 Å². The number of rotatable bonds is 2. The van der Waals surface area contributed by atoms with Crippen LogP contribution in [0.1, 0.15) is 30.0 Å². The summed E-state index contributed by atoms with van der Waals surface area (Å²) in [6, 6.07) is 4.27. The molecular weight excluding hydrogens is 209 g/mol. The Kier molecular flexibility index (Phi) is 2.92. The Morgan fingerprint density at radius 3 is 2.75 bits per heavy atom. The van der Waals surface area contributed by atoms with Gasteiger partial charge in [-0.2, -0.15) is 0 Å². The van der Waals surface area contributed by atoms with Crippen LogP contribution >= 0.6 is 0 Å². The number of aliphatic carboxylic acids is 1. The summed E-state index contributed by atoms with van der Waals surface area (Å²) in [7, 11) is 0. The Labute approximate surface area is 93.3 Å². The number of carboxylic acids is 1. The minimum Gasteiger partial charge on any atom is -0.480 e. The van der Waals surface area contributed by atoms with E-state index in [0.717, 1.165) is 17.5 Å². The number of hydrogen-bond donors (Lipinski definition) is 2. The van der Waals surface area contributed by atoms with Crippen LogP contribution in [0.15, 0.2) is 18.2 Å². The van der Waals surface area contributed by atoms with E-state index in [9.17, 15) is 9.18 Å². The van der Waals surface area contributed by atoms with Crippen LogP contribution in [0.25, 0.3) is 0 Å². The summed E-state index contributed by atoms with van der Waals surface area (Å²) in [4.78, 5) is 10.8. The molecule has 2 N–H and O–H groups in total. The Morgan fingerprint density at radius 2 is 2.19 bits per heavy atom. The number of nitrogens with one attached hydrogen (secondary N) is 1. The smallest absolute Gasteiger partial charge is 0.320 e. The van der Waals surface area contributed by atoms with Crippen molar-refractivity contribution in [3.05, 3.63) is 35.1 Å². The van der Waals surface area contributed by atoms with Gasteiger partial charge in [-0.25, -0.2) is 4.39 Å². The van der Waals surface area contributed by atoms with Crippen LogP contribution < -0.4 is 5.32 Å². The van der Waals surface area contributed by atoms with Gasteiger partial charge in [0, 0.05) is 6.04 Å². The minimum atomic E-state index is -0.837. The number of carbonyl (C=O) groups is 1. The maximum absolute atomic E-state index is 13.2. The second kappa shape index (κ2) is 4.22. The zero-order chi connectivity index (χ0) is 11.7. The molecule has 1 saturated heterocycles. The maximum atomic E-state index is 13.2. The highest BCUT2D eigenvalue weighted by molar-refractivity contribution is 5.73. The molecule has 0 bridgehead atoms. The van der Waals surface area contributed by atoms with Gasteiger partial charge in [-0.05, 0) is 43.0 Å². The van der Waals surface area contributed by atoms with Gasteiger partial charge in [0.1, 0.15) is 11.9 Å². The molecular formula is C12H14FNO2. The fraction of sp³-hybridized carbons (Fsp3) is 0.417. The number of halogens is 1. The van der Waals surface area contributed by atoms with Crippen LogP contribution in [0.5, 0.6) is 0 Å². The van der Waals surface area contributed by atoms with Gasteiger partial charge in [0.25, 0.3) is 0 Å². The molecule has 0 aromatic heterocycles. The quantitative estimate of drug-likeness (QED) is 0.806. The van der Waals surface area contributed by atoms with E-state index in [0.29, 0.717) is 6.42 Å². The lowest BCUT2D eigenvalue weighted by Gasteiger charge is -2.13. The summed E-state index contributed by atoms with van der Waals surface area (Å²) < 4.78 is 13.2. The average Bonchev–Trinajstić information content (AvgIpc) is 2.64. The van der Waals surface area contributed by atoms with Crippen LogP contribution in [-0.2, 0) is 4.79 Å². The standard InChI is InChI=1S/C12H14FNO2/c1-7-4-8(6-9(13)5-7)10-2-3-11(14-10)12(15)16/h4-6,10-11,14H,2-3H2,1H3,(H,15,16). The number of benzene rings is 1. The third kappa shape index (κ3) is 2.22. The summed E-state index contributed by atoms with van der Waals surface area (Å²) >= 11 is 0. The molecule has 0 saturated carbocycles. The largest absolute Gasteiger partial charge is 0.480 e. The molecule has 4 heteroatoms. The van der Waals surface area contributed by atoms with Crippen LogP contribution in [0.2, 0.25) is 0 Å². The molecule has 2 unspecified atom stereocenters. The molecule has 1 aliphatic rings. The van der Waals surface area contributed by atoms with E-state index in [-0.39, 0.29) is 11.9 Å².